The second-order valence-electron chi connectivity index (χ2n) is 6.68. The first-order valence-electron chi connectivity index (χ1n) is 10.1. The van der Waals surface area contributed by atoms with E-state index in [1.165, 1.54) is 0 Å². The van der Waals surface area contributed by atoms with E-state index in [0.29, 0.717) is 31.2 Å². The number of hydrogen-bond acceptors (Lipinski definition) is 5. The Balaban J connectivity index is 0.00000114. The SMILES string of the molecule is NC=O.O=C(O)C1=CCN(c2ccccc2OCc2ccccc2OCCCCCl)C=C1. The van der Waals surface area contributed by atoms with Crippen molar-refractivity contribution >= 4 is 29.7 Å². The number of nitrogens with zero attached hydrogens (tertiary/aromatic N) is 1. The number of hydrogen-bond donors (Lipinski definition) is 2. The summed E-state index contributed by atoms with van der Waals surface area (Å²) < 4.78 is 12.0. The molecule has 0 bridgehead atoms. The predicted octanol–water partition coefficient (Wildman–Crippen LogP) is 4.11. The molecule has 0 fully saturated rings. The number of carboxylic acids is 1. The molecule has 0 saturated carbocycles. The van der Waals surface area contributed by atoms with Gasteiger partial charge in [-0.3, -0.25) is 4.79 Å². The van der Waals surface area contributed by atoms with Crippen LogP contribution in [0.1, 0.15) is 18.4 Å². The van der Waals surface area contributed by atoms with Gasteiger partial charge in [-0.1, -0.05) is 36.4 Å². The standard InChI is InChI=1S/C23H24ClNO4.CH3NO/c24-13-5-6-16-28-21-9-3-1-7-19(21)17-29-22-10-4-2-8-20(22)25-14-11-18(12-15-25)23(26)27;2-1-3/h1-4,7-12,14H,5-6,13,15-17H2,(H,26,27);1H,(H2,2,3). The molecular formula is C24H27ClN2O5. The number of ether oxygens (including phenoxy) is 2. The van der Waals surface area contributed by atoms with E-state index in [-0.39, 0.29) is 6.41 Å². The van der Waals surface area contributed by atoms with E-state index >= 15 is 0 Å². The van der Waals surface area contributed by atoms with Crippen molar-refractivity contribution in [3.05, 3.63) is 78.0 Å². The largest absolute Gasteiger partial charge is 0.493 e. The number of unbranched alkanes of at least 4 members (excludes halogenated alkanes) is 1. The number of alkyl halides is 1. The maximum atomic E-state index is 11.1. The third kappa shape index (κ3) is 7.67. The summed E-state index contributed by atoms with van der Waals surface area (Å²) in [5, 5.41) is 9.10. The number of anilines is 1. The van der Waals surface area contributed by atoms with Crippen molar-refractivity contribution < 1.29 is 24.2 Å². The van der Waals surface area contributed by atoms with Crippen molar-refractivity contribution in [3.63, 3.8) is 0 Å². The minimum Gasteiger partial charge on any atom is -0.493 e. The first kappa shape index (κ1) is 24.8. The van der Waals surface area contributed by atoms with Gasteiger partial charge in [-0.05, 0) is 37.1 Å². The fraction of sp³-hybridized carbons (Fsp3) is 0.250. The summed E-state index contributed by atoms with van der Waals surface area (Å²) in [5.41, 5.74) is 6.31. The molecule has 3 rings (SSSR count). The third-order valence-electron chi connectivity index (χ3n) is 4.50. The van der Waals surface area contributed by atoms with Crippen LogP contribution in [-0.4, -0.2) is 36.5 Å². The molecule has 1 aliphatic heterocycles. The summed E-state index contributed by atoms with van der Waals surface area (Å²) >= 11 is 5.72. The van der Waals surface area contributed by atoms with Crippen molar-refractivity contribution in [1.29, 1.82) is 0 Å². The summed E-state index contributed by atoms with van der Waals surface area (Å²) in [6, 6.07) is 15.5. The molecule has 0 aliphatic carbocycles. The van der Waals surface area contributed by atoms with Crippen LogP contribution >= 0.6 is 11.6 Å². The zero-order valence-corrected chi connectivity index (χ0v) is 18.4. The zero-order valence-electron chi connectivity index (χ0n) is 17.7. The average molecular weight is 459 g/mol. The highest BCUT2D eigenvalue weighted by atomic mass is 35.5. The topological polar surface area (TPSA) is 102 Å². The molecule has 1 heterocycles. The smallest absolute Gasteiger partial charge is 0.335 e. The number of carbonyl (C=O) groups excluding carboxylic acids is 1. The Kier molecular flexibility index (Phi) is 10.7. The molecule has 0 atom stereocenters. The van der Waals surface area contributed by atoms with E-state index in [0.717, 1.165) is 35.6 Å². The average Bonchev–Trinajstić information content (AvgIpc) is 2.82. The maximum Gasteiger partial charge on any atom is 0.335 e. The second-order valence-corrected chi connectivity index (χ2v) is 7.06. The summed E-state index contributed by atoms with van der Waals surface area (Å²) in [6.45, 7) is 1.46. The molecule has 8 heteroatoms. The second kappa shape index (κ2) is 13.8. The van der Waals surface area contributed by atoms with Gasteiger partial charge in [0.05, 0.1) is 17.9 Å². The van der Waals surface area contributed by atoms with Crippen molar-refractivity contribution in [2.75, 3.05) is 23.9 Å². The van der Waals surface area contributed by atoms with Crippen molar-refractivity contribution in [2.45, 2.75) is 19.4 Å². The molecule has 2 aromatic rings. The number of benzene rings is 2. The van der Waals surface area contributed by atoms with Gasteiger partial charge < -0.3 is 25.2 Å². The van der Waals surface area contributed by atoms with Crippen LogP contribution in [0.15, 0.2) is 72.5 Å². The number of carbonyl (C=O) groups is 2. The molecular weight excluding hydrogens is 432 g/mol. The lowest BCUT2D eigenvalue weighted by molar-refractivity contribution is -0.132. The summed E-state index contributed by atoms with van der Waals surface area (Å²) in [6.07, 6.45) is 7.12. The zero-order chi connectivity index (χ0) is 23.2. The Bertz CT molecular complexity index is 945. The van der Waals surface area contributed by atoms with Gasteiger partial charge in [-0.25, -0.2) is 4.79 Å². The minimum absolute atomic E-state index is 0.250. The van der Waals surface area contributed by atoms with Crippen LogP contribution in [-0.2, 0) is 16.2 Å². The third-order valence-corrected chi connectivity index (χ3v) is 4.77. The predicted molar refractivity (Wildman–Crippen MR) is 125 cm³/mol. The van der Waals surface area contributed by atoms with E-state index in [2.05, 4.69) is 5.73 Å². The first-order chi connectivity index (χ1) is 15.6. The Morgan fingerprint density at radius 2 is 1.78 bits per heavy atom. The van der Waals surface area contributed by atoms with Gasteiger partial charge in [-0.2, -0.15) is 0 Å². The fourth-order valence-corrected chi connectivity index (χ4v) is 3.14. The molecule has 1 amide bonds. The van der Waals surface area contributed by atoms with Crippen LogP contribution in [0.3, 0.4) is 0 Å². The highest BCUT2D eigenvalue weighted by Crippen LogP contribution is 2.31. The van der Waals surface area contributed by atoms with Gasteiger partial charge in [0.1, 0.15) is 18.1 Å². The Labute approximate surface area is 192 Å². The Hall–Kier alpha value is -3.45. The molecule has 0 unspecified atom stereocenters. The molecule has 3 N–H and O–H groups in total. The lowest BCUT2D eigenvalue weighted by Crippen LogP contribution is -2.21. The van der Waals surface area contributed by atoms with E-state index in [9.17, 15) is 4.79 Å². The molecule has 7 nitrogen and oxygen atoms in total. The number of carboxylic acid groups (broad SMARTS) is 1. The number of aliphatic carboxylic acids is 1. The van der Waals surface area contributed by atoms with Crippen LogP contribution in [0.5, 0.6) is 11.5 Å². The number of rotatable bonds is 10. The molecule has 0 aromatic heterocycles. The highest BCUT2D eigenvalue weighted by Gasteiger charge is 2.15. The lowest BCUT2D eigenvalue weighted by Gasteiger charge is -2.24. The van der Waals surface area contributed by atoms with Crippen molar-refractivity contribution in [3.8, 4) is 11.5 Å². The molecule has 1 aliphatic rings. The molecule has 0 spiro atoms. The monoisotopic (exact) mass is 458 g/mol. The van der Waals surface area contributed by atoms with E-state index in [1.54, 1.807) is 18.4 Å². The highest BCUT2D eigenvalue weighted by molar-refractivity contribution is 6.17. The van der Waals surface area contributed by atoms with Crippen LogP contribution in [0.2, 0.25) is 0 Å². The number of para-hydroxylation sites is 3. The van der Waals surface area contributed by atoms with Crippen molar-refractivity contribution in [1.82, 2.24) is 0 Å². The first-order valence-corrected chi connectivity index (χ1v) is 10.7. The van der Waals surface area contributed by atoms with E-state index in [1.807, 2.05) is 53.4 Å². The van der Waals surface area contributed by atoms with E-state index in [4.69, 9.17) is 31.0 Å². The lowest BCUT2D eigenvalue weighted by atomic mass is 10.1. The number of amides is 1. The number of nitrogens with two attached hydrogens (primary N) is 1. The quantitative estimate of drug-likeness (QED) is 0.315. The molecule has 0 saturated heterocycles. The molecule has 32 heavy (non-hydrogen) atoms. The van der Waals surface area contributed by atoms with Crippen LogP contribution in [0.4, 0.5) is 5.69 Å². The van der Waals surface area contributed by atoms with E-state index < -0.39 is 5.97 Å². The minimum atomic E-state index is -0.923. The summed E-state index contributed by atoms with van der Waals surface area (Å²) in [4.78, 5) is 21.6. The van der Waals surface area contributed by atoms with Crippen molar-refractivity contribution in [2.24, 2.45) is 5.73 Å². The van der Waals surface area contributed by atoms with Gasteiger partial charge in [0, 0.05) is 24.2 Å². The molecule has 2 aromatic carbocycles. The van der Waals surface area contributed by atoms with Gasteiger partial charge in [0.25, 0.3) is 0 Å². The van der Waals surface area contributed by atoms with Gasteiger partial charge >= 0.3 is 5.97 Å². The number of halogens is 1. The van der Waals surface area contributed by atoms with Gasteiger partial charge in [0.2, 0.25) is 6.41 Å². The summed E-state index contributed by atoms with van der Waals surface area (Å²) in [7, 11) is 0. The fourth-order valence-electron chi connectivity index (χ4n) is 2.95. The van der Waals surface area contributed by atoms with Crippen LogP contribution < -0.4 is 20.1 Å². The Morgan fingerprint density at radius 3 is 2.44 bits per heavy atom. The van der Waals surface area contributed by atoms with Gasteiger partial charge in [-0.15, -0.1) is 11.6 Å². The van der Waals surface area contributed by atoms with Crippen LogP contribution in [0, 0.1) is 0 Å². The number of primary amides is 1. The van der Waals surface area contributed by atoms with Crippen LogP contribution in [0.25, 0.3) is 0 Å². The maximum absolute atomic E-state index is 11.1. The molecule has 0 radical (unpaired) electrons. The summed E-state index contributed by atoms with van der Waals surface area (Å²) in [5.74, 6) is 1.25. The Morgan fingerprint density at radius 1 is 1.09 bits per heavy atom. The van der Waals surface area contributed by atoms with Gasteiger partial charge in [0.15, 0.2) is 0 Å². The normalized spacial score (nSPS) is 12.3. The molecule has 170 valence electrons.